The molecule has 0 aromatic heterocycles. The standard InChI is InChI=1S/C16H18ClNO2/c1-12(18-19-2)11-13-3-7-15(8-4-13)20-16-9-5-14(17)6-10-16/h3-10,12,18H,11H2,1-2H3. The van der Waals surface area contributed by atoms with Gasteiger partial charge in [-0.15, -0.1) is 0 Å². The first-order chi connectivity index (χ1) is 9.67. The van der Waals surface area contributed by atoms with Gasteiger partial charge >= 0.3 is 0 Å². The summed E-state index contributed by atoms with van der Waals surface area (Å²) in [5.74, 6) is 1.58. The van der Waals surface area contributed by atoms with Crippen molar-refractivity contribution in [3.63, 3.8) is 0 Å². The molecule has 0 aliphatic rings. The minimum atomic E-state index is 0.267. The first kappa shape index (κ1) is 14.9. The highest BCUT2D eigenvalue weighted by Crippen LogP contribution is 2.23. The van der Waals surface area contributed by atoms with E-state index in [4.69, 9.17) is 21.2 Å². The third-order valence-electron chi connectivity index (χ3n) is 2.83. The van der Waals surface area contributed by atoms with Crippen molar-refractivity contribution in [2.24, 2.45) is 0 Å². The van der Waals surface area contributed by atoms with E-state index in [1.807, 2.05) is 36.4 Å². The maximum atomic E-state index is 5.84. The molecule has 0 amide bonds. The molecule has 1 N–H and O–H groups in total. The summed E-state index contributed by atoms with van der Waals surface area (Å²) in [7, 11) is 1.62. The van der Waals surface area contributed by atoms with Crippen molar-refractivity contribution >= 4 is 11.6 Å². The van der Waals surface area contributed by atoms with E-state index in [-0.39, 0.29) is 6.04 Å². The van der Waals surface area contributed by atoms with E-state index in [0.717, 1.165) is 17.9 Å². The summed E-state index contributed by atoms with van der Waals surface area (Å²) in [6.45, 7) is 2.07. The van der Waals surface area contributed by atoms with Crippen LogP contribution in [0, 0.1) is 0 Å². The number of ether oxygens (including phenoxy) is 1. The van der Waals surface area contributed by atoms with Gasteiger partial charge in [-0.3, -0.25) is 0 Å². The van der Waals surface area contributed by atoms with E-state index in [9.17, 15) is 0 Å². The Hall–Kier alpha value is -1.55. The predicted octanol–water partition coefficient (Wildman–Crippen LogP) is 4.21. The molecule has 1 unspecified atom stereocenters. The van der Waals surface area contributed by atoms with Crippen LogP contribution in [0.5, 0.6) is 11.5 Å². The van der Waals surface area contributed by atoms with Gasteiger partial charge < -0.3 is 9.57 Å². The third kappa shape index (κ3) is 4.53. The second-order valence-corrected chi connectivity index (χ2v) is 5.06. The summed E-state index contributed by atoms with van der Waals surface area (Å²) in [5.41, 5.74) is 4.14. The van der Waals surface area contributed by atoms with Crippen molar-refractivity contribution in [3.05, 3.63) is 59.1 Å². The first-order valence-electron chi connectivity index (χ1n) is 6.48. The van der Waals surface area contributed by atoms with Gasteiger partial charge in [0, 0.05) is 11.1 Å². The molecule has 0 saturated carbocycles. The van der Waals surface area contributed by atoms with Crippen LogP contribution in [0.25, 0.3) is 0 Å². The topological polar surface area (TPSA) is 30.5 Å². The number of hydrogen-bond acceptors (Lipinski definition) is 3. The highest BCUT2D eigenvalue weighted by Gasteiger charge is 2.03. The van der Waals surface area contributed by atoms with Gasteiger partial charge in [0.25, 0.3) is 0 Å². The van der Waals surface area contributed by atoms with E-state index >= 15 is 0 Å². The summed E-state index contributed by atoms with van der Waals surface area (Å²) in [4.78, 5) is 4.90. The van der Waals surface area contributed by atoms with Crippen molar-refractivity contribution in [3.8, 4) is 11.5 Å². The van der Waals surface area contributed by atoms with E-state index in [0.29, 0.717) is 5.02 Å². The Bertz CT molecular complexity index is 525. The highest BCUT2D eigenvalue weighted by atomic mass is 35.5. The Labute approximate surface area is 124 Å². The molecule has 0 fully saturated rings. The normalized spacial score (nSPS) is 12.2. The molecule has 106 valence electrons. The lowest BCUT2D eigenvalue weighted by atomic mass is 10.1. The zero-order valence-electron chi connectivity index (χ0n) is 11.6. The summed E-state index contributed by atoms with van der Waals surface area (Å²) >= 11 is 5.84. The van der Waals surface area contributed by atoms with E-state index in [1.54, 1.807) is 7.11 Å². The zero-order chi connectivity index (χ0) is 14.4. The SMILES string of the molecule is CONC(C)Cc1ccc(Oc2ccc(Cl)cc2)cc1. The van der Waals surface area contributed by atoms with E-state index in [1.165, 1.54) is 5.56 Å². The van der Waals surface area contributed by atoms with Gasteiger partial charge in [-0.1, -0.05) is 23.7 Å². The predicted molar refractivity (Wildman–Crippen MR) is 81.3 cm³/mol. The molecule has 0 bridgehead atoms. The molecule has 3 nitrogen and oxygen atoms in total. The number of hydrogen-bond donors (Lipinski definition) is 1. The van der Waals surface area contributed by atoms with Crippen LogP contribution in [-0.2, 0) is 11.3 Å². The number of benzene rings is 2. The van der Waals surface area contributed by atoms with E-state index < -0.39 is 0 Å². The average molecular weight is 292 g/mol. The molecule has 20 heavy (non-hydrogen) atoms. The molecule has 1 atom stereocenters. The summed E-state index contributed by atoms with van der Waals surface area (Å²) in [6.07, 6.45) is 0.898. The van der Waals surface area contributed by atoms with Crippen LogP contribution in [0.2, 0.25) is 5.02 Å². The lowest BCUT2D eigenvalue weighted by Crippen LogP contribution is -2.26. The maximum absolute atomic E-state index is 5.84. The average Bonchev–Trinajstić information content (AvgIpc) is 2.44. The Morgan fingerprint density at radius 3 is 2.10 bits per heavy atom. The largest absolute Gasteiger partial charge is 0.457 e. The Morgan fingerprint density at radius 2 is 1.55 bits per heavy atom. The van der Waals surface area contributed by atoms with Gasteiger partial charge in [0.05, 0.1) is 7.11 Å². The molecule has 2 rings (SSSR count). The van der Waals surface area contributed by atoms with Gasteiger partial charge in [-0.2, -0.15) is 5.48 Å². The van der Waals surface area contributed by atoms with Crippen molar-refractivity contribution in [2.75, 3.05) is 7.11 Å². The van der Waals surface area contributed by atoms with Crippen LogP contribution in [0.15, 0.2) is 48.5 Å². The molecule has 2 aromatic rings. The number of hydroxylamine groups is 1. The maximum Gasteiger partial charge on any atom is 0.127 e. The molecular formula is C16H18ClNO2. The highest BCUT2D eigenvalue weighted by molar-refractivity contribution is 6.30. The summed E-state index contributed by atoms with van der Waals surface area (Å²) in [6, 6.07) is 15.6. The monoisotopic (exact) mass is 291 g/mol. The molecule has 0 spiro atoms. The van der Waals surface area contributed by atoms with Crippen molar-refractivity contribution in [1.82, 2.24) is 5.48 Å². The van der Waals surface area contributed by atoms with Crippen LogP contribution in [0.4, 0.5) is 0 Å². The van der Waals surface area contributed by atoms with Gasteiger partial charge in [-0.05, 0) is 55.3 Å². The second-order valence-electron chi connectivity index (χ2n) is 4.63. The van der Waals surface area contributed by atoms with Gasteiger partial charge in [-0.25, -0.2) is 0 Å². The molecule has 2 aromatic carbocycles. The van der Waals surface area contributed by atoms with Crippen LogP contribution >= 0.6 is 11.6 Å². The van der Waals surface area contributed by atoms with Crippen LogP contribution < -0.4 is 10.2 Å². The van der Waals surface area contributed by atoms with Gasteiger partial charge in [0.2, 0.25) is 0 Å². The molecule has 0 aliphatic carbocycles. The lowest BCUT2D eigenvalue weighted by Gasteiger charge is -2.12. The Balaban J connectivity index is 1.96. The smallest absolute Gasteiger partial charge is 0.127 e. The van der Waals surface area contributed by atoms with Gasteiger partial charge in [0.1, 0.15) is 11.5 Å². The number of rotatable bonds is 6. The number of nitrogens with one attached hydrogen (secondary N) is 1. The van der Waals surface area contributed by atoms with Crippen LogP contribution in [0.1, 0.15) is 12.5 Å². The quantitative estimate of drug-likeness (QED) is 0.809. The van der Waals surface area contributed by atoms with Gasteiger partial charge in [0.15, 0.2) is 0 Å². The van der Waals surface area contributed by atoms with Crippen molar-refractivity contribution in [1.29, 1.82) is 0 Å². The first-order valence-corrected chi connectivity index (χ1v) is 6.86. The van der Waals surface area contributed by atoms with Crippen LogP contribution in [-0.4, -0.2) is 13.2 Å². The number of halogens is 1. The lowest BCUT2D eigenvalue weighted by molar-refractivity contribution is 0.0661. The summed E-state index contributed by atoms with van der Waals surface area (Å²) < 4.78 is 5.74. The minimum absolute atomic E-state index is 0.267. The van der Waals surface area contributed by atoms with Crippen molar-refractivity contribution < 1.29 is 9.57 Å². The molecule has 0 aliphatic heterocycles. The molecule has 4 heteroatoms. The third-order valence-corrected chi connectivity index (χ3v) is 3.09. The Kier molecular flexibility index (Phi) is 5.41. The second kappa shape index (κ2) is 7.29. The summed E-state index contributed by atoms with van der Waals surface area (Å²) in [5, 5.41) is 0.701. The molecule has 0 radical (unpaired) electrons. The minimum Gasteiger partial charge on any atom is -0.457 e. The zero-order valence-corrected chi connectivity index (χ0v) is 12.4. The van der Waals surface area contributed by atoms with Crippen LogP contribution in [0.3, 0.4) is 0 Å². The molecule has 0 saturated heterocycles. The molecular weight excluding hydrogens is 274 g/mol. The fraction of sp³-hybridized carbons (Fsp3) is 0.250. The fourth-order valence-corrected chi connectivity index (χ4v) is 2.05. The fourth-order valence-electron chi connectivity index (χ4n) is 1.93. The molecule has 0 heterocycles. The van der Waals surface area contributed by atoms with Crippen molar-refractivity contribution in [2.45, 2.75) is 19.4 Å². The van der Waals surface area contributed by atoms with E-state index in [2.05, 4.69) is 24.5 Å². The Morgan fingerprint density at radius 1 is 1.00 bits per heavy atom.